The maximum atomic E-state index is 4.19. The molecule has 15 heavy (non-hydrogen) atoms. The van der Waals surface area contributed by atoms with Gasteiger partial charge in [0.05, 0.1) is 5.51 Å². The van der Waals surface area contributed by atoms with Crippen molar-refractivity contribution in [1.29, 1.82) is 0 Å². The van der Waals surface area contributed by atoms with Gasteiger partial charge in [-0.3, -0.25) is 9.88 Å². The second-order valence-corrected chi connectivity index (χ2v) is 5.65. The van der Waals surface area contributed by atoms with Gasteiger partial charge in [-0.1, -0.05) is 20.8 Å². The third-order valence-electron chi connectivity index (χ3n) is 3.48. The molecule has 0 radical (unpaired) electrons. The first-order chi connectivity index (χ1) is 7.22. The Balaban J connectivity index is 2.08. The molecule has 1 aliphatic rings. The zero-order chi connectivity index (χ0) is 10.8. The number of aromatic nitrogens is 1. The SMILES string of the molecule is CCN1C[C@@H](c2cncs2)C[C@H]1C(C)C. The minimum atomic E-state index is 0.727. The van der Waals surface area contributed by atoms with Crippen molar-refractivity contribution in [3.63, 3.8) is 0 Å². The summed E-state index contributed by atoms with van der Waals surface area (Å²) in [6.07, 6.45) is 3.36. The highest BCUT2D eigenvalue weighted by Crippen LogP contribution is 2.35. The van der Waals surface area contributed by atoms with Crippen LogP contribution in [0.4, 0.5) is 0 Å². The van der Waals surface area contributed by atoms with E-state index in [-0.39, 0.29) is 0 Å². The molecule has 1 aliphatic heterocycles. The number of likely N-dealkylation sites (tertiary alicyclic amines) is 1. The molecule has 1 saturated heterocycles. The van der Waals surface area contributed by atoms with E-state index < -0.39 is 0 Å². The van der Waals surface area contributed by atoms with E-state index in [1.54, 1.807) is 0 Å². The number of thiazole rings is 1. The van der Waals surface area contributed by atoms with Gasteiger partial charge in [0, 0.05) is 29.6 Å². The fraction of sp³-hybridized carbons (Fsp3) is 0.750. The molecule has 0 aliphatic carbocycles. The Morgan fingerprint density at radius 1 is 1.60 bits per heavy atom. The summed E-state index contributed by atoms with van der Waals surface area (Å²) < 4.78 is 0. The summed E-state index contributed by atoms with van der Waals surface area (Å²) in [6, 6.07) is 0.766. The van der Waals surface area contributed by atoms with Gasteiger partial charge in [-0.15, -0.1) is 11.3 Å². The monoisotopic (exact) mass is 224 g/mol. The molecule has 0 spiro atoms. The van der Waals surface area contributed by atoms with Crippen LogP contribution in [0.5, 0.6) is 0 Å². The highest BCUT2D eigenvalue weighted by Gasteiger charge is 2.33. The van der Waals surface area contributed by atoms with Crippen molar-refractivity contribution < 1.29 is 0 Å². The second-order valence-electron chi connectivity index (χ2n) is 4.74. The van der Waals surface area contributed by atoms with Crippen molar-refractivity contribution in [1.82, 2.24) is 9.88 Å². The lowest BCUT2D eigenvalue weighted by Crippen LogP contribution is -2.33. The van der Waals surface area contributed by atoms with Crippen molar-refractivity contribution in [2.24, 2.45) is 5.92 Å². The fourth-order valence-corrected chi connectivity index (χ4v) is 3.35. The van der Waals surface area contributed by atoms with Gasteiger partial charge < -0.3 is 0 Å². The minimum Gasteiger partial charge on any atom is -0.300 e. The van der Waals surface area contributed by atoms with Crippen LogP contribution in [-0.4, -0.2) is 29.0 Å². The van der Waals surface area contributed by atoms with Crippen molar-refractivity contribution in [3.05, 3.63) is 16.6 Å². The first-order valence-electron chi connectivity index (χ1n) is 5.84. The number of hydrogen-bond acceptors (Lipinski definition) is 3. The fourth-order valence-electron chi connectivity index (χ4n) is 2.62. The van der Waals surface area contributed by atoms with Gasteiger partial charge in [0.2, 0.25) is 0 Å². The summed E-state index contributed by atoms with van der Waals surface area (Å²) in [4.78, 5) is 8.28. The summed E-state index contributed by atoms with van der Waals surface area (Å²) in [5, 5.41) is 0. The molecule has 0 amide bonds. The van der Waals surface area contributed by atoms with Crippen LogP contribution in [0.3, 0.4) is 0 Å². The van der Waals surface area contributed by atoms with Crippen molar-refractivity contribution in [3.8, 4) is 0 Å². The van der Waals surface area contributed by atoms with E-state index in [2.05, 4.69) is 30.7 Å². The summed E-state index contributed by atoms with van der Waals surface area (Å²) in [7, 11) is 0. The van der Waals surface area contributed by atoms with E-state index in [0.29, 0.717) is 0 Å². The van der Waals surface area contributed by atoms with E-state index >= 15 is 0 Å². The molecule has 1 aromatic heterocycles. The van der Waals surface area contributed by atoms with Gasteiger partial charge in [0.15, 0.2) is 0 Å². The molecule has 0 N–H and O–H groups in total. The lowest BCUT2D eigenvalue weighted by atomic mass is 9.97. The molecule has 0 saturated carbocycles. The van der Waals surface area contributed by atoms with Crippen LogP contribution in [0.15, 0.2) is 11.7 Å². The molecule has 0 unspecified atom stereocenters. The van der Waals surface area contributed by atoms with Crippen molar-refractivity contribution in [2.75, 3.05) is 13.1 Å². The van der Waals surface area contributed by atoms with E-state index in [1.165, 1.54) is 24.4 Å². The highest BCUT2D eigenvalue weighted by atomic mass is 32.1. The molecule has 0 aromatic carbocycles. The van der Waals surface area contributed by atoms with Crippen LogP contribution in [0, 0.1) is 5.92 Å². The van der Waals surface area contributed by atoms with Gasteiger partial charge >= 0.3 is 0 Å². The normalized spacial score (nSPS) is 27.7. The average Bonchev–Trinajstić information content (AvgIpc) is 2.86. The largest absolute Gasteiger partial charge is 0.300 e. The molecule has 2 heterocycles. The molecule has 2 nitrogen and oxygen atoms in total. The van der Waals surface area contributed by atoms with Crippen LogP contribution < -0.4 is 0 Å². The molecule has 84 valence electrons. The van der Waals surface area contributed by atoms with Gasteiger partial charge in [0.1, 0.15) is 0 Å². The number of hydrogen-bond donors (Lipinski definition) is 0. The quantitative estimate of drug-likeness (QED) is 0.784. The van der Waals surface area contributed by atoms with Gasteiger partial charge in [-0.05, 0) is 18.9 Å². The number of likely N-dealkylation sites (N-methyl/N-ethyl adjacent to an activating group) is 1. The summed E-state index contributed by atoms with van der Waals surface area (Å²) in [6.45, 7) is 9.34. The third-order valence-corrected chi connectivity index (χ3v) is 4.42. The lowest BCUT2D eigenvalue weighted by Gasteiger charge is -2.25. The summed E-state index contributed by atoms with van der Waals surface area (Å²) in [5.41, 5.74) is 1.95. The van der Waals surface area contributed by atoms with Gasteiger partial charge in [0.25, 0.3) is 0 Å². The Hall–Kier alpha value is -0.410. The van der Waals surface area contributed by atoms with Crippen molar-refractivity contribution >= 4 is 11.3 Å². The zero-order valence-electron chi connectivity index (χ0n) is 9.81. The Morgan fingerprint density at radius 3 is 2.87 bits per heavy atom. The molecular weight excluding hydrogens is 204 g/mol. The topological polar surface area (TPSA) is 16.1 Å². The lowest BCUT2D eigenvalue weighted by molar-refractivity contribution is 0.216. The van der Waals surface area contributed by atoms with Crippen molar-refractivity contribution in [2.45, 2.75) is 39.2 Å². The Labute approximate surface area is 96.3 Å². The van der Waals surface area contributed by atoms with Crippen LogP contribution in [0.2, 0.25) is 0 Å². The molecule has 2 rings (SSSR count). The summed E-state index contributed by atoms with van der Waals surface area (Å²) in [5.74, 6) is 1.49. The molecule has 1 fully saturated rings. The molecule has 3 heteroatoms. The molecule has 1 aromatic rings. The predicted octanol–water partition coefficient (Wildman–Crippen LogP) is 2.98. The maximum absolute atomic E-state index is 4.19. The Kier molecular flexibility index (Phi) is 3.42. The standard InChI is InChI=1S/C12H20N2S/c1-4-14-7-10(5-11(14)9(2)3)12-6-13-8-15-12/h6,8-11H,4-5,7H2,1-3H3/t10-,11-/m0/s1. The van der Waals surface area contributed by atoms with Gasteiger partial charge in [-0.25, -0.2) is 0 Å². The number of rotatable bonds is 3. The second kappa shape index (κ2) is 4.62. The molecule has 2 atom stereocenters. The first kappa shape index (κ1) is 11.1. The van der Waals surface area contributed by atoms with E-state index in [0.717, 1.165) is 17.9 Å². The molecule has 0 bridgehead atoms. The number of nitrogens with zero attached hydrogens (tertiary/aromatic N) is 2. The average molecular weight is 224 g/mol. The highest BCUT2D eigenvalue weighted by molar-refractivity contribution is 7.09. The van der Waals surface area contributed by atoms with Crippen LogP contribution in [0.1, 0.15) is 38.0 Å². The predicted molar refractivity (Wildman–Crippen MR) is 65.3 cm³/mol. The smallest absolute Gasteiger partial charge is 0.0794 e. The first-order valence-corrected chi connectivity index (χ1v) is 6.72. The minimum absolute atomic E-state index is 0.727. The van der Waals surface area contributed by atoms with Crippen LogP contribution in [0.25, 0.3) is 0 Å². The van der Waals surface area contributed by atoms with E-state index in [9.17, 15) is 0 Å². The Bertz CT molecular complexity index is 295. The third kappa shape index (κ3) is 2.23. The van der Waals surface area contributed by atoms with Crippen LogP contribution >= 0.6 is 11.3 Å². The summed E-state index contributed by atoms with van der Waals surface area (Å²) >= 11 is 1.81. The molecular formula is C12H20N2S. The van der Waals surface area contributed by atoms with E-state index in [1.807, 2.05) is 23.0 Å². The van der Waals surface area contributed by atoms with Gasteiger partial charge in [-0.2, -0.15) is 0 Å². The zero-order valence-corrected chi connectivity index (χ0v) is 10.6. The Morgan fingerprint density at radius 2 is 2.40 bits per heavy atom. The van der Waals surface area contributed by atoms with Crippen LogP contribution in [-0.2, 0) is 0 Å². The maximum Gasteiger partial charge on any atom is 0.0794 e. The van der Waals surface area contributed by atoms with E-state index in [4.69, 9.17) is 0 Å².